The summed E-state index contributed by atoms with van der Waals surface area (Å²) >= 11 is 0. The maximum atomic E-state index is 12.3. The lowest BCUT2D eigenvalue weighted by molar-refractivity contribution is -0.140. The fourth-order valence-corrected chi connectivity index (χ4v) is 8.01. The Morgan fingerprint density at radius 3 is 2.27 bits per heavy atom. The van der Waals surface area contributed by atoms with Crippen LogP contribution in [0.4, 0.5) is 0 Å². The van der Waals surface area contributed by atoms with Crippen molar-refractivity contribution in [2.24, 2.45) is 40.4 Å². The van der Waals surface area contributed by atoms with Crippen molar-refractivity contribution in [2.75, 3.05) is 34.9 Å². The van der Waals surface area contributed by atoms with Crippen LogP contribution in [0.1, 0.15) is 78.1 Å². The molecule has 8 heteroatoms. The number of hydrogen-bond acceptors (Lipinski definition) is 8. The predicted octanol–water partition coefficient (Wildman–Crippen LogP) is 4.39. The zero-order chi connectivity index (χ0) is 27.6. The largest absolute Gasteiger partial charge is 0.469 e. The molecule has 2 N–H and O–H groups in total. The molecular weight excluding hydrogens is 474 g/mol. The van der Waals surface area contributed by atoms with Gasteiger partial charge in [0.2, 0.25) is 0 Å². The van der Waals surface area contributed by atoms with Gasteiger partial charge >= 0.3 is 5.97 Å². The molecule has 0 amide bonds. The number of hydrogen-bond donors (Lipinski definition) is 2. The number of carbonyl (C=O) groups is 2. The van der Waals surface area contributed by atoms with Crippen molar-refractivity contribution >= 4 is 11.8 Å². The Hall–Kier alpha value is -1.79. The molecule has 0 bridgehead atoms. The molecule has 7 atom stereocenters. The molecule has 8 nitrogen and oxygen atoms in total. The van der Waals surface area contributed by atoms with Crippen LogP contribution in [0.5, 0.6) is 0 Å². The summed E-state index contributed by atoms with van der Waals surface area (Å²) in [5.74, 6) is 3.15. The third-order valence-corrected chi connectivity index (χ3v) is 9.89. The lowest BCUT2D eigenvalue weighted by Gasteiger charge is -2.59. The van der Waals surface area contributed by atoms with Gasteiger partial charge in [-0.3, -0.25) is 9.59 Å². The van der Waals surface area contributed by atoms with Crippen LogP contribution in [0.2, 0.25) is 0 Å². The van der Waals surface area contributed by atoms with Gasteiger partial charge in [0, 0.05) is 27.1 Å². The summed E-state index contributed by atoms with van der Waals surface area (Å²) in [6.07, 6.45) is 12.6. The van der Waals surface area contributed by atoms with Gasteiger partial charge in [-0.1, -0.05) is 19.9 Å². The van der Waals surface area contributed by atoms with Gasteiger partial charge in [0.1, 0.15) is 19.7 Å². The maximum absolute atomic E-state index is 12.3. The summed E-state index contributed by atoms with van der Waals surface area (Å²) in [5.41, 5.74) is 0.795. The molecule has 210 valence electrons. The van der Waals surface area contributed by atoms with E-state index in [1.807, 2.05) is 0 Å². The SMILES string of the molecule is COC(=O)CCCC1CCC2C3CCC4CC(=O)C(C#N)=CC4(C)C3CCC12C.COCO.COCO. The summed E-state index contributed by atoms with van der Waals surface area (Å²) in [5, 5.41) is 24.8. The van der Waals surface area contributed by atoms with Crippen molar-refractivity contribution in [3.63, 3.8) is 0 Å². The van der Waals surface area contributed by atoms with Crippen LogP contribution in [-0.4, -0.2) is 56.9 Å². The van der Waals surface area contributed by atoms with Crippen LogP contribution >= 0.6 is 0 Å². The molecule has 0 aromatic carbocycles. The highest BCUT2D eigenvalue weighted by Crippen LogP contribution is 2.67. The molecule has 7 unspecified atom stereocenters. The van der Waals surface area contributed by atoms with E-state index < -0.39 is 0 Å². The number of nitrogens with zero attached hydrogens (tertiary/aromatic N) is 1. The van der Waals surface area contributed by atoms with Crippen molar-refractivity contribution in [1.82, 2.24) is 0 Å². The molecule has 4 aliphatic rings. The molecule has 3 saturated carbocycles. The Kier molecular flexibility index (Phi) is 12.2. The lowest BCUT2D eigenvalue weighted by atomic mass is 9.45. The van der Waals surface area contributed by atoms with E-state index in [9.17, 15) is 14.9 Å². The molecule has 0 spiro atoms. The fraction of sp³-hybridized carbons (Fsp3) is 0.828. The summed E-state index contributed by atoms with van der Waals surface area (Å²) in [6.45, 7) is 4.49. The number of carbonyl (C=O) groups excluding carboxylic acids is 2. The number of rotatable bonds is 6. The number of nitriles is 1. The lowest BCUT2D eigenvalue weighted by Crippen LogP contribution is -2.52. The first-order valence-electron chi connectivity index (χ1n) is 13.6. The topological polar surface area (TPSA) is 126 Å². The van der Waals surface area contributed by atoms with Crippen LogP contribution in [0.3, 0.4) is 0 Å². The van der Waals surface area contributed by atoms with Gasteiger partial charge in [-0.2, -0.15) is 5.26 Å². The Bertz CT molecular complexity index is 829. The molecule has 4 aliphatic carbocycles. The highest BCUT2D eigenvalue weighted by atomic mass is 16.6. The molecule has 4 rings (SSSR count). The number of esters is 1. The van der Waals surface area contributed by atoms with E-state index in [1.165, 1.54) is 53.4 Å². The van der Waals surface area contributed by atoms with Crippen LogP contribution < -0.4 is 0 Å². The Morgan fingerprint density at radius 2 is 1.70 bits per heavy atom. The number of allylic oxidation sites excluding steroid dienone is 2. The highest BCUT2D eigenvalue weighted by molar-refractivity contribution is 6.00. The van der Waals surface area contributed by atoms with Gasteiger partial charge in [-0.25, -0.2) is 0 Å². The number of ketones is 1. The molecular formula is C29H47NO7. The number of fused-ring (bicyclic) bond motifs is 5. The molecule has 0 saturated heterocycles. The van der Waals surface area contributed by atoms with Crippen LogP contribution in [0.15, 0.2) is 11.6 Å². The second-order valence-electron chi connectivity index (χ2n) is 11.4. The van der Waals surface area contributed by atoms with Gasteiger partial charge in [-0.05, 0) is 91.8 Å². The highest BCUT2D eigenvalue weighted by Gasteiger charge is 2.59. The zero-order valence-corrected chi connectivity index (χ0v) is 23.3. The number of Topliss-reactive ketones (excluding diaryl/α,β-unsaturated/α-hetero) is 1. The number of aliphatic hydroxyl groups excluding tert-OH is 2. The van der Waals surface area contributed by atoms with E-state index in [1.54, 1.807) is 0 Å². The van der Waals surface area contributed by atoms with E-state index in [-0.39, 0.29) is 30.8 Å². The van der Waals surface area contributed by atoms with Gasteiger partial charge in [-0.15, -0.1) is 0 Å². The zero-order valence-electron chi connectivity index (χ0n) is 23.3. The van der Waals surface area contributed by atoms with E-state index >= 15 is 0 Å². The molecule has 0 aromatic rings. The van der Waals surface area contributed by atoms with E-state index in [0.29, 0.717) is 47.5 Å². The summed E-state index contributed by atoms with van der Waals surface area (Å²) in [7, 11) is 4.33. The molecule has 37 heavy (non-hydrogen) atoms. The molecule has 0 aliphatic heterocycles. The minimum atomic E-state index is -0.181. The number of methoxy groups -OCH3 is 3. The van der Waals surface area contributed by atoms with Crippen molar-refractivity contribution in [3.05, 3.63) is 11.6 Å². The Labute approximate surface area is 222 Å². The van der Waals surface area contributed by atoms with Gasteiger partial charge < -0.3 is 24.4 Å². The average Bonchev–Trinajstić information content (AvgIpc) is 3.25. The maximum Gasteiger partial charge on any atom is 0.305 e. The van der Waals surface area contributed by atoms with Crippen LogP contribution in [0.25, 0.3) is 0 Å². The molecule has 0 aromatic heterocycles. The van der Waals surface area contributed by atoms with Gasteiger partial charge in [0.15, 0.2) is 5.78 Å². The van der Waals surface area contributed by atoms with Crippen LogP contribution in [-0.2, 0) is 23.8 Å². The van der Waals surface area contributed by atoms with E-state index in [2.05, 4.69) is 35.5 Å². The average molecular weight is 522 g/mol. The minimum absolute atomic E-state index is 0.00614. The minimum Gasteiger partial charge on any atom is -0.469 e. The molecule has 3 fully saturated rings. The Morgan fingerprint density at radius 1 is 1.05 bits per heavy atom. The van der Waals surface area contributed by atoms with Crippen molar-refractivity contribution in [1.29, 1.82) is 5.26 Å². The summed E-state index contributed by atoms with van der Waals surface area (Å²) in [4.78, 5) is 23.8. The third kappa shape index (κ3) is 7.00. The first kappa shape index (κ1) is 31.4. The molecule has 0 radical (unpaired) electrons. The number of ether oxygens (including phenoxy) is 3. The second-order valence-corrected chi connectivity index (χ2v) is 11.4. The smallest absolute Gasteiger partial charge is 0.305 e. The van der Waals surface area contributed by atoms with Crippen molar-refractivity contribution < 1.29 is 34.0 Å². The van der Waals surface area contributed by atoms with Gasteiger partial charge in [0.05, 0.1) is 12.7 Å². The monoisotopic (exact) mass is 521 g/mol. The second kappa shape index (κ2) is 14.4. The first-order valence-corrected chi connectivity index (χ1v) is 13.6. The molecule has 0 heterocycles. The quantitative estimate of drug-likeness (QED) is 0.389. The van der Waals surface area contributed by atoms with Crippen LogP contribution in [0, 0.1) is 51.8 Å². The van der Waals surface area contributed by atoms with E-state index in [4.69, 9.17) is 14.9 Å². The Balaban J connectivity index is 0.000000530. The normalized spacial score (nSPS) is 35.7. The van der Waals surface area contributed by atoms with E-state index in [0.717, 1.165) is 25.2 Å². The number of aliphatic hydroxyl groups is 2. The standard InChI is InChI=1S/C25H35NO3.2C2H6O2/c1-24-12-11-21-19(20(24)10-8-17(24)5-4-6-23(28)29-3)9-7-18-13-22(27)16(15-26)14-25(18,21)2;2*1-4-2-3/h14,17-21H,4-13H2,1-3H3;2*3H,2H2,1H3. The predicted molar refractivity (Wildman–Crippen MR) is 139 cm³/mol. The van der Waals surface area contributed by atoms with Crippen molar-refractivity contribution in [2.45, 2.75) is 78.1 Å². The fourth-order valence-electron chi connectivity index (χ4n) is 8.01. The van der Waals surface area contributed by atoms with Crippen molar-refractivity contribution in [3.8, 4) is 6.07 Å². The summed E-state index contributed by atoms with van der Waals surface area (Å²) in [6, 6.07) is 2.18. The first-order chi connectivity index (χ1) is 17.7. The summed E-state index contributed by atoms with van der Waals surface area (Å²) < 4.78 is 13.0. The third-order valence-electron chi connectivity index (χ3n) is 9.89. The van der Waals surface area contributed by atoms with Gasteiger partial charge in [0.25, 0.3) is 0 Å².